The SMILES string of the molecule is CC/C=C\C/C=C\C/C=C\C/C=C\CCCCCCC(=O)OCC(COP(=O)(O)OCC(O)COP(=O)(O)OCC(COC(=O)CCCCCCC/C=C\C/C=C\CCC)OC(=O)CCCCCCCCCCCCC)OC(=O)CCCCCCCCC/C=C\C/C=C\C/C=C\CC. The Labute approximate surface area is 594 Å². The third-order valence-electron chi connectivity index (χ3n) is 15.7. The van der Waals surface area contributed by atoms with Gasteiger partial charge in [0.05, 0.1) is 26.4 Å². The standard InChI is InChI=1S/C79H136O17P2/c1-5-9-13-17-21-25-29-32-34-36-38-41-45-48-52-56-60-64-77(82)90-70-75(96-79(84)66-62-58-54-50-46-42-39-37-35-33-30-26-22-18-14-10-6-2)72-94-98(87,88)92-68-73(80)67-91-97(85,86)93-71-74(95-78(83)65-61-57-53-49-43-28-24-20-16-12-8-4)69-89-76(81)63-59-55-51-47-44-40-31-27-23-19-15-11-7-3/h9-10,13-15,19,21-22,25-27,31-35,38,41,73-75,80H,5-8,11-12,16-18,20,23-24,28-30,36-37,39-40,42-72H2,1-4H3,(H,85,86)(H,87,88)/b13-9-,14-10-,19-15-,25-21-,26-22-,31-27-,34-32-,35-33-,41-38-. The lowest BCUT2D eigenvalue weighted by Gasteiger charge is -2.21. The number of rotatable bonds is 71. The largest absolute Gasteiger partial charge is 0.472 e. The van der Waals surface area contributed by atoms with Crippen LogP contribution in [0.3, 0.4) is 0 Å². The molecular weight excluding hydrogens is 1280 g/mol. The second-order valence-electron chi connectivity index (χ2n) is 25.2. The van der Waals surface area contributed by atoms with Gasteiger partial charge in [0.15, 0.2) is 12.2 Å². The van der Waals surface area contributed by atoms with E-state index >= 15 is 0 Å². The Morgan fingerprint density at radius 3 is 0.857 bits per heavy atom. The summed E-state index contributed by atoms with van der Waals surface area (Å²) in [7, 11) is -9.96. The zero-order chi connectivity index (χ0) is 71.8. The lowest BCUT2D eigenvalue weighted by atomic mass is 10.1. The minimum atomic E-state index is -4.98. The molecule has 0 heterocycles. The van der Waals surface area contributed by atoms with Gasteiger partial charge in [0.25, 0.3) is 0 Å². The lowest BCUT2D eigenvalue weighted by Crippen LogP contribution is -2.30. The zero-order valence-corrected chi connectivity index (χ0v) is 63.2. The summed E-state index contributed by atoms with van der Waals surface area (Å²) in [5, 5.41) is 10.6. The van der Waals surface area contributed by atoms with Crippen molar-refractivity contribution >= 4 is 39.5 Å². The van der Waals surface area contributed by atoms with Crippen molar-refractivity contribution in [1.29, 1.82) is 0 Å². The van der Waals surface area contributed by atoms with Crippen LogP contribution >= 0.6 is 15.6 Å². The van der Waals surface area contributed by atoms with E-state index in [9.17, 15) is 43.2 Å². The molecule has 0 saturated heterocycles. The molecular formula is C79H136O17P2. The molecule has 0 aromatic rings. The highest BCUT2D eigenvalue weighted by Gasteiger charge is 2.30. The van der Waals surface area contributed by atoms with Crippen LogP contribution in [-0.2, 0) is 65.4 Å². The molecule has 0 fully saturated rings. The van der Waals surface area contributed by atoms with Crippen molar-refractivity contribution in [1.82, 2.24) is 0 Å². The lowest BCUT2D eigenvalue weighted by molar-refractivity contribution is -0.161. The molecule has 564 valence electrons. The molecule has 0 spiro atoms. The Hall–Kier alpha value is -4.28. The maximum Gasteiger partial charge on any atom is 0.472 e. The van der Waals surface area contributed by atoms with Gasteiger partial charge in [-0.05, 0) is 122 Å². The molecule has 0 bridgehead atoms. The number of ether oxygens (including phenoxy) is 4. The van der Waals surface area contributed by atoms with E-state index in [-0.39, 0.29) is 25.7 Å². The number of esters is 4. The predicted octanol–water partition coefficient (Wildman–Crippen LogP) is 21.8. The van der Waals surface area contributed by atoms with Gasteiger partial charge in [0.2, 0.25) is 0 Å². The predicted molar refractivity (Wildman–Crippen MR) is 399 cm³/mol. The third-order valence-corrected chi connectivity index (χ3v) is 17.6. The molecule has 0 amide bonds. The average Bonchev–Trinajstić information content (AvgIpc) is 0.980. The summed E-state index contributed by atoms with van der Waals surface area (Å²) < 4.78 is 68.4. The summed E-state index contributed by atoms with van der Waals surface area (Å²) in [5.74, 6) is -2.22. The van der Waals surface area contributed by atoms with E-state index in [1.807, 2.05) is 0 Å². The molecule has 0 aliphatic heterocycles. The van der Waals surface area contributed by atoms with Crippen LogP contribution in [-0.4, -0.2) is 96.7 Å². The first-order valence-electron chi connectivity index (χ1n) is 38.1. The fourth-order valence-electron chi connectivity index (χ4n) is 9.97. The zero-order valence-electron chi connectivity index (χ0n) is 61.4. The summed E-state index contributed by atoms with van der Waals surface area (Å²) in [6.07, 6.45) is 75.1. The summed E-state index contributed by atoms with van der Waals surface area (Å²) >= 11 is 0. The van der Waals surface area contributed by atoms with E-state index in [1.54, 1.807) is 0 Å². The average molecular weight is 1420 g/mol. The number of phosphoric ester groups is 2. The van der Waals surface area contributed by atoms with Gasteiger partial charge in [-0.2, -0.15) is 0 Å². The molecule has 0 aliphatic carbocycles. The van der Waals surface area contributed by atoms with E-state index in [0.717, 1.165) is 193 Å². The number of phosphoric acid groups is 2. The van der Waals surface area contributed by atoms with Crippen molar-refractivity contribution in [3.63, 3.8) is 0 Å². The van der Waals surface area contributed by atoms with Crippen LogP contribution < -0.4 is 0 Å². The molecule has 19 heteroatoms. The number of carbonyl (C=O) groups is 4. The van der Waals surface area contributed by atoms with Crippen LogP contribution in [0.25, 0.3) is 0 Å². The summed E-state index contributed by atoms with van der Waals surface area (Å²) in [5.41, 5.74) is 0. The van der Waals surface area contributed by atoms with Crippen LogP contribution in [0.4, 0.5) is 0 Å². The molecule has 0 aromatic heterocycles. The van der Waals surface area contributed by atoms with Crippen LogP contribution in [0, 0.1) is 0 Å². The first-order valence-corrected chi connectivity index (χ1v) is 41.1. The van der Waals surface area contributed by atoms with E-state index in [4.69, 9.17) is 37.0 Å². The fraction of sp³-hybridized carbons (Fsp3) is 0.722. The second kappa shape index (κ2) is 71.1. The first-order chi connectivity index (χ1) is 47.7. The van der Waals surface area contributed by atoms with Gasteiger partial charge < -0.3 is 33.8 Å². The van der Waals surface area contributed by atoms with Gasteiger partial charge in [-0.25, -0.2) is 9.13 Å². The van der Waals surface area contributed by atoms with Gasteiger partial charge in [-0.1, -0.05) is 272 Å². The number of allylic oxidation sites excluding steroid dienone is 18. The highest BCUT2D eigenvalue weighted by atomic mass is 31.2. The van der Waals surface area contributed by atoms with E-state index in [2.05, 4.69) is 137 Å². The van der Waals surface area contributed by atoms with Crippen molar-refractivity contribution in [3.8, 4) is 0 Å². The number of aliphatic hydroxyl groups is 1. The topological polar surface area (TPSA) is 237 Å². The third kappa shape index (κ3) is 70.2. The van der Waals surface area contributed by atoms with E-state index in [1.165, 1.54) is 38.5 Å². The summed E-state index contributed by atoms with van der Waals surface area (Å²) in [6, 6.07) is 0. The van der Waals surface area contributed by atoms with Crippen LogP contribution in [0.2, 0.25) is 0 Å². The monoisotopic (exact) mass is 1420 g/mol. The normalized spacial score (nSPS) is 14.6. The number of hydrogen-bond donors (Lipinski definition) is 3. The highest BCUT2D eigenvalue weighted by molar-refractivity contribution is 7.47. The maximum atomic E-state index is 13.1. The number of unbranched alkanes of at least 4 members (excludes halogenated alkanes) is 27. The maximum absolute atomic E-state index is 13.1. The smallest absolute Gasteiger partial charge is 0.462 e. The molecule has 98 heavy (non-hydrogen) atoms. The molecule has 0 aliphatic rings. The first kappa shape index (κ1) is 93.7. The number of hydrogen-bond acceptors (Lipinski definition) is 15. The van der Waals surface area contributed by atoms with Crippen molar-refractivity contribution in [2.75, 3.05) is 39.6 Å². The minimum Gasteiger partial charge on any atom is -0.462 e. The van der Waals surface area contributed by atoms with Crippen LogP contribution in [0.5, 0.6) is 0 Å². The number of carbonyl (C=O) groups excluding carboxylic acids is 4. The van der Waals surface area contributed by atoms with Crippen molar-refractivity contribution < 1.29 is 80.2 Å². The molecule has 0 radical (unpaired) electrons. The second-order valence-corrected chi connectivity index (χ2v) is 28.1. The quantitative estimate of drug-likeness (QED) is 0.0169. The molecule has 0 aromatic carbocycles. The molecule has 3 N–H and O–H groups in total. The molecule has 17 nitrogen and oxygen atoms in total. The fourth-order valence-corrected chi connectivity index (χ4v) is 11.5. The Morgan fingerprint density at radius 2 is 0.551 bits per heavy atom. The Kier molecular flexibility index (Phi) is 68.0. The van der Waals surface area contributed by atoms with E-state index in [0.29, 0.717) is 25.7 Å². The Bertz CT molecular complexity index is 2290. The van der Waals surface area contributed by atoms with E-state index < -0.39 is 97.5 Å². The van der Waals surface area contributed by atoms with Crippen molar-refractivity contribution in [3.05, 3.63) is 109 Å². The molecule has 5 unspecified atom stereocenters. The Morgan fingerprint density at radius 1 is 0.296 bits per heavy atom. The summed E-state index contributed by atoms with van der Waals surface area (Å²) in [4.78, 5) is 72.8. The van der Waals surface area contributed by atoms with Crippen LogP contribution in [0.15, 0.2) is 109 Å². The molecule has 0 rings (SSSR count). The van der Waals surface area contributed by atoms with Gasteiger partial charge in [-0.3, -0.25) is 37.3 Å². The van der Waals surface area contributed by atoms with Crippen molar-refractivity contribution in [2.45, 2.75) is 329 Å². The van der Waals surface area contributed by atoms with Gasteiger partial charge in [0, 0.05) is 25.7 Å². The molecule has 0 saturated carbocycles. The summed E-state index contributed by atoms with van der Waals surface area (Å²) in [6.45, 7) is 4.54. The van der Waals surface area contributed by atoms with Crippen LogP contribution in [0.1, 0.15) is 310 Å². The highest BCUT2D eigenvalue weighted by Crippen LogP contribution is 2.45. The van der Waals surface area contributed by atoms with Crippen molar-refractivity contribution in [2.24, 2.45) is 0 Å². The van der Waals surface area contributed by atoms with Gasteiger partial charge in [0.1, 0.15) is 19.3 Å². The number of aliphatic hydroxyl groups excluding tert-OH is 1. The van der Waals surface area contributed by atoms with Gasteiger partial charge >= 0.3 is 39.5 Å². The Balaban J connectivity index is 5.36. The minimum absolute atomic E-state index is 0.0767. The molecule has 5 atom stereocenters. The van der Waals surface area contributed by atoms with Gasteiger partial charge in [-0.15, -0.1) is 0 Å².